The van der Waals surface area contributed by atoms with Crippen molar-refractivity contribution in [2.45, 2.75) is 37.9 Å². The minimum absolute atomic E-state index is 0.0715. The Balaban J connectivity index is 2.10. The summed E-state index contributed by atoms with van der Waals surface area (Å²) >= 11 is 0. The van der Waals surface area contributed by atoms with Crippen LogP contribution in [0.25, 0.3) is 0 Å². The molecule has 24 heavy (non-hydrogen) atoms. The molecule has 134 valence electrons. The molecule has 2 N–H and O–H groups in total. The van der Waals surface area contributed by atoms with Crippen molar-refractivity contribution in [3.63, 3.8) is 0 Å². The number of hydrogen-bond donors (Lipinski definition) is 2. The van der Waals surface area contributed by atoms with Gasteiger partial charge in [0, 0.05) is 6.04 Å². The number of anilines is 1. The third kappa shape index (κ3) is 5.12. The van der Waals surface area contributed by atoms with Gasteiger partial charge in [0.05, 0.1) is 23.4 Å². The van der Waals surface area contributed by atoms with E-state index in [1.165, 1.54) is 12.1 Å². The first kappa shape index (κ1) is 18.6. The molecule has 0 bridgehead atoms. The van der Waals surface area contributed by atoms with Crippen LogP contribution in [0.15, 0.2) is 24.3 Å². The number of alkyl halides is 3. The van der Waals surface area contributed by atoms with Gasteiger partial charge >= 0.3 is 6.18 Å². The predicted octanol–water partition coefficient (Wildman–Crippen LogP) is 2.91. The number of halogens is 3. The molecule has 0 heterocycles. The molecule has 9 heteroatoms. The third-order valence-electron chi connectivity index (χ3n) is 3.94. The number of hydrogen-bond acceptors (Lipinski definition) is 3. The molecule has 1 saturated carbocycles. The maximum Gasteiger partial charge on any atom is 0.391 e. The summed E-state index contributed by atoms with van der Waals surface area (Å²) in [5.74, 6) is -2.00. The molecule has 1 fully saturated rings. The smallest absolute Gasteiger partial charge is 0.349 e. The zero-order valence-electron chi connectivity index (χ0n) is 13.1. The van der Waals surface area contributed by atoms with Gasteiger partial charge in [-0.05, 0) is 31.4 Å². The van der Waals surface area contributed by atoms with Gasteiger partial charge in [-0.2, -0.15) is 13.2 Å². The Morgan fingerprint density at radius 2 is 1.88 bits per heavy atom. The maximum atomic E-state index is 12.8. The molecule has 1 aliphatic rings. The van der Waals surface area contributed by atoms with Crippen molar-refractivity contribution in [3.8, 4) is 0 Å². The summed E-state index contributed by atoms with van der Waals surface area (Å²) in [6.07, 6.45) is -2.53. The molecule has 5 nitrogen and oxygen atoms in total. The van der Waals surface area contributed by atoms with Crippen LogP contribution in [0.1, 0.15) is 36.0 Å². The van der Waals surface area contributed by atoms with E-state index in [-0.39, 0.29) is 24.1 Å². The number of sulfonamides is 1. The molecule has 2 rings (SSSR count). The highest BCUT2D eigenvalue weighted by atomic mass is 32.2. The van der Waals surface area contributed by atoms with Crippen molar-refractivity contribution < 1.29 is 26.4 Å². The van der Waals surface area contributed by atoms with Gasteiger partial charge in [-0.1, -0.05) is 18.6 Å². The minimum Gasteiger partial charge on any atom is -0.349 e. The fourth-order valence-electron chi connectivity index (χ4n) is 2.85. The van der Waals surface area contributed by atoms with Crippen molar-refractivity contribution in [2.24, 2.45) is 5.92 Å². The van der Waals surface area contributed by atoms with Crippen molar-refractivity contribution in [2.75, 3.05) is 11.0 Å². The van der Waals surface area contributed by atoms with Crippen LogP contribution in [0.3, 0.4) is 0 Å². The molecular weight excluding hydrogens is 345 g/mol. The van der Waals surface area contributed by atoms with Crippen LogP contribution < -0.4 is 10.0 Å². The first-order chi connectivity index (χ1) is 11.1. The molecule has 2 atom stereocenters. The molecule has 0 aliphatic heterocycles. The molecule has 2 unspecified atom stereocenters. The van der Waals surface area contributed by atoms with Gasteiger partial charge in [0.1, 0.15) is 0 Å². The van der Waals surface area contributed by atoms with E-state index in [4.69, 9.17) is 0 Å². The highest BCUT2D eigenvalue weighted by Crippen LogP contribution is 2.37. The Hall–Kier alpha value is -1.77. The lowest BCUT2D eigenvalue weighted by Crippen LogP contribution is -2.41. The number of carbonyl (C=O) groups is 1. The Kier molecular flexibility index (Phi) is 5.42. The zero-order valence-corrected chi connectivity index (χ0v) is 13.9. The largest absolute Gasteiger partial charge is 0.391 e. The van der Waals surface area contributed by atoms with E-state index in [0.717, 1.165) is 6.26 Å². The quantitative estimate of drug-likeness (QED) is 0.863. The molecule has 1 aliphatic carbocycles. The number of rotatable bonds is 4. The minimum atomic E-state index is -4.26. The number of nitrogens with one attached hydrogen (secondary N) is 2. The average Bonchev–Trinajstić information content (AvgIpc) is 2.45. The number of carbonyl (C=O) groups excluding carboxylic acids is 1. The highest BCUT2D eigenvalue weighted by Gasteiger charge is 2.42. The third-order valence-corrected chi connectivity index (χ3v) is 4.53. The lowest BCUT2D eigenvalue weighted by Gasteiger charge is -2.31. The first-order valence-electron chi connectivity index (χ1n) is 7.50. The lowest BCUT2D eigenvalue weighted by atomic mass is 9.85. The fourth-order valence-corrected chi connectivity index (χ4v) is 3.43. The van der Waals surface area contributed by atoms with Crippen LogP contribution in [0, 0.1) is 5.92 Å². The highest BCUT2D eigenvalue weighted by molar-refractivity contribution is 7.92. The van der Waals surface area contributed by atoms with E-state index in [1.54, 1.807) is 12.1 Å². The number of para-hydroxylation sites is 1. The first-order valence-corrected chi connectivity index (χ1v) is 9.40. The summed E-state index contributed by atoms with van der Waals surface area (Å²) in [7, 11) is -3.57. The molecule has 0 aromatic heterocycles. The van der Waals surface area contributed by atoms with Gasteiger partial charge in [-0.15, -0.1) is 0 Å². The summed E-state index contributed by atoms with van der Waals surface area (Å²) < 4.78 is 63.4. The second-order valence-corrected chi connectivity index (χ2v) is 7.74. The van der Waals surface area contributed by atoms with Gasteiger partial charge in [0.15, 0.2) is 0 Å². The molecule has 0 spiro atoms. The predicted molar refractivity (Wildman–Crippen MR) is 84.2 cm³/mol. The van der Waals surface area contributed by atoms with Gasteiger partial charge in [0.25, 0.3) is 5.91 Å². The number of benzene rings is 1. The van der Waals surface area contributed by atoms with Crippen molar-refractivity contribution in [1.82, 2.24) is 5.32 Å². The Morgan fingerprint density at radius 1 is 1.21 bits per heavy atom. The topological polar surface area (TPSA) is 75.3 Å². The van der Waals surface area contributed by atoms with Crippen molar-refractivity contribution in [1.29, 1.82) is 0 Å². The van der Waals surface area contributed by atoms with Gasteiger partial charge in [-0.3, -0.25) is 9.52 Å². The Labute approximate surface area is 138 Å². The summed E-state index contributed by atoms with van der Waals surface area (Å²) in [6, 6.07) is 5.39. The molecule has 1 aromatic carbocycles. The van der Waals surface area contributed by atoms with Crippen LogP contribution in [-0.2, 0) is 10.0 Å². The number of amides is 1. The molecular formula is C15H19F3N2O3S. The second kappa shape index (κ2) is 7.00. The Morgan fingerprint density at radius 3 is 2.50 bits per heavy atom. The zero-order chi connectivity index (χ0) is 18.0. The molecule has 0 radical (unpaired) electrons. The second-order valence-electron chi connectivity index (χ2n) is 6.00. The summed E-state index contributed by atoms with van der Waals surface area (Å²) in [4.78, 5) is 12.3. The van der Waals surface area contributed by atoms with E-state index < -0.39 is 34.1 Å². The van der Waals surface area contributed by atoms with Crippen LogP contribution in [0.5, 0.6) is 0 Å². The maximum absolute atomic E-state index is 12.8. The van der Waals surface area contributed by atoms with E-state index in [2.05, 4.69) is 10.0 Å². The van der Waals surface area contributed by atoms with Crippen LogP contribution in [0.4, 0.5) is 18.9 Å². The Bertz CT molecular complexity index is 704. The monoisotopic (exact) mass is 364 g/mol. The van der Waals surface area contributed by atoms with E-state index in [1.807, 2.05) is 0 Å². The van der Waals surface area contributed by atoms with E-state index >= 15 is 0 Å². The molecule has 1 aromatic rings. The van der Waals surface area contributed by atoms with Gasteiger partial charge in [-0.25, -0.2) is 8.42 Å². The summed E-state index contributed by atoms with van der Waals surface area (Å²) in [5, 5.41) is 2.59. The molecule has 0 saturated heterocycles. The van der Waals surface area contributed by atoms with Gasteiger partial charge in [0.2, 0.25) is 10.0 Å². The SMILES string of the molecule is CS(=O)(=O)Nc1ccccc1C(=O)NC1CCCC(C(F)(F)F)C1. The summed E-state index contributed by atoms with van der Waals surface area (Å²) in [5.41, 5.74) is 0.178. The van der Waals surface area contributed by atoms with E-state index in [0.29, 0.717) is 12.8 Å². The normalized spacial score (nSPS) is 22.0. The molecule has 1 amide bonds. The average molecular weight is 364 g/mol. The van der Waals surface area contributed by atoms with Crippen LogP contribution in [-0.4, -0.2) is 32.8 Å². The summed E-state index contributed by atoms with van der Waals surface area (Å²) in [6.45, 7) is 0. The van der Waals surface area contributed by atoms with Crippen LogP contribution >= 0.6 is 0 Å². The van der Waals surface area contributed by atoms with Crippen molar-refractivity contribution in [3.05, 3.63) is 29.8 Å². The van der Waals surface area contributed by atoms with Gasteiger partial charge < -0.3 is 5.32 Å². The van der Waals surface area contributed by atoms with Crippen LogP contribution in [0.2, 0.25) is 0 Å². The van der Waals surface area contributed by atoms with Crippen molar-refractivity contribution >= 4 is 21.6 Å². The van der Waals surface area contributed by atoms with E-state index in [9.17, 15) is 26.4 Å². The lowest BCUT2D eigenvalue weighted by molar-refractivity contribution is -0.183. The standard InChI is InChI=1S/C15H19F3N2O3S/c1-24(22,23)20-13-8-3-2-7-12(13)14(21)19-11-6-4-5-10(9-11)15(16,17)18/h2-3,7-8,10-11,20H,4-6,9H2,1H3,(H,19,21). The fraction of sp³-hybridized carbons (Fsp3) is 0.533.